The molecule has 0 radical (unpaired) electrons. The lowest BCUT2D eigenvalue weighted by molar-refractivity contribution is 0.103. The summed E-state index contributed by atoms with van der Waals surface area (Å²) in [6.45, 7) is 3.71. The topological polar surface area (TPSA) is 67.8 Å². The van der Waals surface area contributed by atoms with Gasteiger partial charge in [-0.25, -0.2) is 5.10 Å². The number of nitrogens with one attached hydrogen (secondary N) is 1. The van der Waals surface area contributed by atoms with Crippen LogP contribution in [0.5, 0.6) is 0 Å². The lowest BCUT2D eigenvalue weighted by Gasteiger charge is -2.07. The molecule has 0 saturated carbocycles. The Labute approximate surface area is 139 Å². The number of aromatic amines is 1. The lowest BCUT2D eigenvalue weighted by atomic mass is 10.1. The van der Waals surface area contributed by atoms with Gasteiger partial charge < -0.3 is 4.57 Å². The van der Waals surface area contributed by atoms with E-state index >= 15 is 0 Å². The first kappa shape index (κ1) is 15.7. The van der Waals surface area contributed by atoms with Gasteiger partial charge in [-0.05, 0) is 23.8 Å². The maximum absolute atomic E-state index is 12.7. The maximum Gasteiger partial charge on any atom is 0.264 e. The molecule has 0 aliphatic carbocycles. The molecule has 0 saturated heterocycles. The molecule has 5 heteroatoms. The number of rotatable bonds is 5. The van der Waals surface area contributed by atoms with Gasteiger partial charge in [0.05, 0.1) is 11.4 Å². The molecule has 1 N–H and O–H groups in total. The predicted octanol–water partition coefficient (Wildman–Crippen LogP) is 2.57. The molecular formula is C19H17N3O2. The number of aromatic nitrogens is 3. The van der Waals surface area contributed by atoms with Crippen LogP contribution in [0.4, 0.5) is 0 Å². The third-order valence-corrected chi connectivity index (χ3v) is 3.97. The molecule has 24 heavy (non-hydrogen) atoms. The molecule has 3 aromatic rings. The Hall–Kier alpha value is -3.21. The van der Waals surface area contributed by atoms with E-state index in [9.17, 15) is 9.59 Å². The summed E-state index contributed by atoms with van der Waals surface area (Å²) in [6, 6.07) is 14.2. The zero-order valence-corrected chi connectivity index (χ0v) is 13.3. The number of hydrogen-bond acceptors (Lipinski definition) is 3. The minimum atomic E-state index is -0.232. The van der Waals surface area contributed by atoms with Gasteiger partial charge in [-0.1, -0.05) is 36.9 Å². The van der Waals surface area contributed by atoms with Gasteiger partial charge in [-0.15, -0.1) is 0 Å². The Morgan fingerprint density at radius 2 is 1.92 bits per heavy atom. The van der Waals surface area contributed by atoms with Crippen molar-refractivity contribution in [1.82, 2.24) is 14.8 Å². The lowest BCUT2D eigenvalue weighted by Crippen LogP contribution is -2.11. The Kier molecular flexibility index (Phi) is 4.24. The van der Waals surface area contributed by atoms with Crippen molar-refractivity contribution in [3.63, 3.8) is 0 Å². The fourth-order valence-corrected chi connectivity index (χ4v) is 2.53. The highest BCUT2D eigenvalue weighted by atomic mass is 16.1. The fraction of sp³-hybridized carbons (Fsp3) is 0.105. The standard InChI is InChI=1S/C19H17N3O2/c1-3-13-4-6-14(7-5-13)19(24)17-10-9-16(22(17)2)12-15-8-11-18(23)21-20-15/h3-11H,1,12H2,2H3,(H,21,23). The quantitative estimate of drug-likeness (QED) is 0.735. The summed E-state index contributed by atoms with van der Waals surface area (Å²) >= 11 is 0. The van der Waals surface area contributed by atoms with Crippen molar-refractivity contribution in [2.24, 2.45) is 7.05 Å². The molecule has 0 atom stereocenters. The third-order valence-electron chi connectivity index (χ3n) is 3.97. The molecule has 0 unspecified atom stereocenters. The van der Waals surface area contributed by atoms with Crippen LogP contribution in [-0.2, 0) is 13.5 Å². The van der Waals surface area contributed by atoms with Crippen molar-refractivity contribution >= 4 is 11.9 Å². The highest BCUT2D eigenvalue weighted by Crippen LogP contribution is 2.16. The van der Waals surface area contributed by atoms with Gasteiger partial charge in [0.1, 0.15) is 0 Å². The monoisotopic (exact) mass is 319 g/mol. The van der Waals surface area contributed by atoms with E-state index in [1.165, 1.54) is 6.07 Å². The van der Waals surface area contributed by atoms with Crippen LogP contribution in [-0.4, -0.2) is 20.5 Å². The number of carbonyl (C=O) groups excluding carboxylic acids is 1. The van der Waals surface area contributed by atoms with Gasteiger partial charge in [0.25, 0.3) is 5.56 Å². The Balaban J connectivity index is 1.85. The van der Waals surface area contributed by atoms with E-state index in [1.54, 1.807) is 24.3 Å². The van der Waals surface area contributed by atoms with E-state index in [0.717, 1.165) is 17.0 Å². The highest BCUT2D eigenvalue weighted by molar-refractivity contribution is 6.08. The first-order valence-corrected chi connectivity index (χ1v) is 7.55. The summed E-state index contributed by atoms with van der Waals surface area (Å²) in [5, 5.41) is 6.42. The van der Waals surface area contributed by atoms with Crippen molar-refractivity contribution in [1.29, 1.82) is 0 Å². The second kappa shape index (κ2) is 6.50. The Morgan fingerprint density at radius 3 is 2.54 bits per heavy atom. The van der Waals surface area contributed by atoms with Crippen LogP contribution in [0.3, 0.4) is 0 Å². The molecule has 3 rings (SSSR count). The van der Waals surface area contributed by atoms with Crippen LogP contribution < -0.4 is 5.56 Å². The number of nitrogens with zero attached hydrogens (tertiary/aromatic N) is 2. The molecule has 0 aliphatic rings. The molecule has 2 heterocycles. The predicted molar refractivity (Wildman–Crippen MR) is 93.0 cm³/mol. The molecule has 2 aromatic heterocycles. The van der Waals surface area contributed by atoms with E-state index in [-0.39, 0.29) is 11.3 Å². The average molecular weight is 319 g/mol. The molecule has 120 valence electrons. The smallest absolute Gasteiger partial charge is 0.264 e. The summed E-state index contributed by atoms with van der Waals surface area (Å²) in [5.74, 6) is -0.0335. The van der Waals surface area contributed by atoms with Crippen LogP contribution in [0, 0.1) is 0 Å². The van der Waals surface area contributed by atoms with Gasteiger partial charge >= 0.3 is 0 Å². The van der Waals surface area contributed by atoms with Crippen LogP contribution in [0.2, 0.25) is 0 Å². The molecule has 0 bridgehead atoms. The number of H-pyrrole nitrogens is 1. The molecular weight excluding hydrogens is 302 g/mol. The summed E-state index contributed by atoms with van der Waals surface area (Å²) < 4.78 is 1.86. The van der Waals surface area contributed by atoms with E-state index in [4.69, 9.17) is 0 Å². The highest BCUT2D eigenvalue weighted by Gasteiger charge is 2.15. The van der Waals surface area contributed by atoms with Crippen molar-refractivity contribution in [3.05, 3.63) is 93.7 Å². The average Bonchev–Trinajstić information content (AvgIpc) is 2.97. The zero-order valence-electron chi connectivity index (χ0n) is 13.3. The minimum Gasteiger partial charge on any atom is -0.345 e. The summed E-state index contributed by atoms with van der Waals surface area (Å²) in [5.41, 5.74) is 3.68. The number of carbonyl (C=O) groups is 1. The fourth-order valence-electron chi connectivity index (χ4n) is 2.53. The van der Waals surface area contributed by atoms with Crippen LogP contribution in [0.15, 0.2) is 59.9 Å². The number of benzene rings is 1. The van der Waals surface area contributed by atoms with Crippen LogP contribution in [0.1, 0.15) is 33.0 Å². The Bertz CT molecular complexity index is 929. The maximum atomic E-state index is 12.7. The molecule has 0 spiro atoms. The van der Waals surface area contributed by atoms with Crippen LogP contribution in [0.25, 0.3) is 6.08 Å². The Morgan fingerprint density at radius 1 is 1.17 bits per heavy atom. The SMILES string of the molecule is C=Cc1ccc(C(=O)c2ccc(Cc3ccc(=O)[nH]n3)n2C)cc1. The number of hydrogen-bond donors (Lipinski definition) is 1. The summed E-state index contributed by atoms with van der Waals surface area (Å²) in [6.07, 6.45) is 2.28. The zero-order chi connectivity index (χ0) is 17.1. The molecule has 0 fully saturated rings. The van der Waals surface area contributed by atoms with Crippen molar-refractivity contribution in [2.75, 3.05) is 0 Å². The van der Waals surface area contributed by atoms with Gasteiger partial charge in [-0.3, -0.25) is 9.59 Å². The third kappa shape index (κ3) is 3.10. The summed E-state index contributed by atoms with van der Waals surface area (Å²) in [7, 11) is 1.85. The molecule has 0 aliphatic heterocycles. The van der Waals surface area contributed by atoms with Gasteiger partial charge in [0.15, 0.2) is 0 Å². The largest absolute Gasteiger partial charge is 0.345 e. The van der Waals surface area contributed by atoms with E-state index in [1.807, 2.05) is 35.9 Å². The van der Waals surface area contributed by atoms with Gasteiger partial charge in [-0.2, -0.15) is 5.10 Å². The van der Waals surface area contributed by atoms with E-state index < -0.39 is 0 Å². The van der Waals surface area contributed by atoms with Crippen molar-refractivity contribution in [3.8, 4) is 0 Å². The first-order chi connectivity index (χ1) is 11.6. The van der Waals surface area contributed by atoms with Crippen molar-refractivity contribution in [2.45, 2.75) is 6.42 Å². The molecule has 1 aromatic carbocycles. The van der Waals surface area contributed by atoms with Crippen molar-refractivity contribution < 1.29 is 4.79 Å². The number of ketones is 1. The van der Waals surface area contributed by atoms with E-state index in [2.05, 4.69) is 16.8 Å². The van der Waals surface area contributed by atoms with Gasteiger partial charge in [0, 0.05) is 30.8 Å². The first-order valence-electron chi connectivity index (χ1n) is 7.55. The molecule has 0 amide bonds. The normalized spacial score (nSPS) is 10.5. The van der Waals surface area contributed by atoms with Gasteiger partial charge in [0.2, 0.25) is 5.78 Å². The second-order valence-electron chi connectivity index (χ2n) is 5.51. The molecule has 5 nitrogen and oxygen atoms in total. The minimum absolute atomic E-state index is 0.0335. The summed E-state index contributed by atoms with van der Waals surface area (Å²) in [4.78, 5) is 23.7. The van der Waals surface area contributed by atoms with Crippen LogP contribution >= 0.6 is 0 Å². The second-order valence-corrected chi connectivity index (χ2v) is 5.51. The van der Waals surface area contributed by atoms with E-state index in [0.29, 0.717) is 17.7 Å².